The lowest BCUT2D eigenvalue weighted by Gasteiger charge is -2.21. The van der Waals surface area contributed by atoms with E-state index in [1.807, 2.05) is 32.9 Å². The van der Waals surface area contributed by atoms with Gasteiger partial charge in [-0.1, -0.05) is 39.0 Å². The maximum atomic E-state index is 11.2. The number of rotatable bonds is 1. The van der Waals surface area contributed by atoms with Crippen LogP contribution in [0.3, 0.4) is 0 Å². The Hall–Kier alpha value is -1.88. The quantitative estimate of drug-likeness (QED) is 0.594. The largest absolute Gasteiger partial charge is 0.481 e. The second kappa shape index (κ2) is 6.76. The van der Waals surface area contributed by atoms with Crippen molar-refractivity contribution in [3.05, 3.63) is 35.4 Å². The second-order valence-electron chi connectivity index (χ2n) is 4.69. The van der Waals surface area contributed by atoms with Crippen molar-refractivity contribution in [3.8, 4) is 0 Å². The predicted molar refractivity (Wildman–Crippen MR) is 66.5 cm³/mol. The zero-order valence-electron chi connectivity index (χ0n) is 10.9. The highest BCUT2D eigenvalue weighted by Crippen LogP contribution is 2.25. The topological polar surface area (TPSA) is 83.8 Å². The van der Waals surface area contributed by atoms with Gasteiger partial charge in [0.1, 0.15) is 0 Å². The van der Waals surface area contributed by atoms with E-state index in [4.69, 9.17) is 15.2 Å². The standard InChI is InChI=1S/C11H14O3.C2H4O2/c1-11(2,3)9-7-5-4-6-8(9)10(12)14-13;1-2(3)4/h4-7,13H,1-3H3;1H3,(H,3,4). The number of carbonyl (C=O) groups is 2. The highest BCUT2D eigenvalue weighted by molar-refractivity contribution is 5.91. The van der Waals surface area contributed by atoms with E-state index < -0.39 is 11.9 Å². The van der Waals surface area contributed by atoms with Crippen molar-refractivity contribution in [2.45, 2.75) is 33.1 Å². The normalized spacial score (nSPS) is 10.1. The molecule has 0 aliphatic heterocycles. The van der Waals surface area contributed by atoms with Crippen LogP contribution in [0, 0.1) is 0 Å². The summed E-state index contributed by atoms with van der Waals surface area (Å²) in [6.07, 6.45) is 0. The molecule has 0 heterocycles. The monoisotopic (exact) mass is 254 g/mol. The van der Waals surface area contributed by atoms with Crippen LogP contribution < -0.4 is 0 Å². The number of carboxylic acid groups (broad SMARTS) is 1. The van der Waals surface area contributed by atoms with Crippen LogP contribution in [0.2, 0.25) is 0 Å². The third-order valence-corrected chi connectivity index (χ3v) is 2.04. The van der Waals surface area contributed by atoms with Gasteiger partial charge in [0.2, 0.25) is 0 Å². The van der Waals surface area contributed by atoms with Crippen LogP contribution in [0.5, 0.6) is 0 Å². The molecule has 0 unspecified atom stereocenters. The minimum atomic E-state index is -0.833. The van der Waals surface area contributed by atoms with Gasteiger partial charge in [-0.15, -0.1) is 0 Å². The summed E-state index contributed by atoms with van der Waals surface area (Å²) in [7, 11) is 0. The highest BCUT2D eigenvalue weighted by Gasteiger charge is 2.21. The van der Waals surface area contributed by atoms with Crippen molar-refractivity contribution < 1.29 is 24.8 Å². The number of carbonyl (C=O) groups excluding carboxylic acids is 1. The van der Waals surface area contributed by atoms with Gasteiger partial charge in [0.25, 0.3) is 5.97 Å². The molecule has 0 aliphatic carbocycles. The summed E-state index contributed by atoms with van der Waals surface area (Å²) in [5.41, 5.74) is 1.12. The molecule has 2 N–H and O–H groups in total. The maximum absolute atomic E-state index is 11.2. The van der Waals surface area contributed by atoms with Crippen molar-refractivity contribution in [1.29, 1.82) is 0 Å². The Balaban J connectivity index is 0.000000631. The van der Waals surface area contributed by atoms with Gasteiger partial charge in [0, 0.05) is 6.92 Å². The zero-order valence-corrected chi connectivity index (χ0v) is 10.9. The molecule has 1 aromatic carbocycles. The molecule has 5 heteroatoms. The molecule has 5 nitrogen and oxygen atoms in total. The molecule has 0 fully saturated rings. The summed E-state index contributed by atoms with van der Waals surface area (Å²) in [6, 6.07) is 7.08. The molecule has 0 aliphatic rings. The van der Waals surface area contributed by atoms with Crippen molar-refractivity contribution in [2.24, 2.45) is 0 Å². The van der Waals surface area contributed by atoms with E-state index in [9.17, 15) is 4.79 Å². The van der Waals surface area contributed by atoms with Gasteiger partial charge in [-0.05, 0) is 17.0 Å². The fourth-order valence-corrected chi connectivity index (χ4v) is 1.36. The number of hydrogen-bond acceptors (Lipinski definition) is 4. The molecule has 1 rings (SSSR count). The fraction of sp³-hybridized carbons (Fsp3) is 0.385. The first-order chi connectivity index (χ1) is 8.20. The Morgan fingerprint density at radius 3 is 2.00 bits per heavy atom. The molecule has 0 saturated heterocycles. The van der Waals surface area contributed by atoms with Gasteiger partial charge in [-0.3, -0.25) is 9.68 Å². The van der Waals surface area contributed by atoms with E-state index in [0.29, 0.717) is 5.56 Å². The lowest BCUT2D eigenvalue weighted by atomic mass is 9.84. The van der Waals surface area contributed by atoms with E-state index in [2.05, 4.69) is 4.89 Å². The van der Waals surface area contributed by atoms with Crippen molar-refractivity contribution in [1.82, 2.24) is 0 Å². The third kappa shape index (κ3) is 5.45. The number of carboxylic acids is 1. The molecule has 0 spiro atoms. The minimum Gasteiger partial charge on any atom is -0.481 e. The Labute approximate surface area is 106 Å². The molecule has 0 atom stereocenters. The van der Waals surface area contributed by atoms with Gasteiger partial charge in [0.15, 0.2) is 0 Å². The molecular formula is C13H18O5. The van der Waals surface area contributed by atoms with E-state index in [1.54, 1.807) is 12.1 Å². The lowest BCUT2D eigenvalue weighted by molar-refractivity contribution is -0.182. The molecule has 0 amide bonds. The molecule has 100 valence electrons. The SMILES string of the molecule is CC(=O)O.CC(C)(C)c1ccccc1C(=O)OO. The Morgan fingerprint density at radius 2 is 1.61 bits per heavy atom. The van der Waals surface area contributed by atoms with Crippen LogP contribution in [0.4, 0.5) is 0 Å². The molecule has 1 aromatic rings. The average Bonchev–Trinajstić information content (AvgIpc) is 2.26. The van der Waals surface area contributed by atoms with Gasteiger partial charge in [-0.2, -0.15) is 5.26 Å². The summed E-state index contributed by atoms with van der Waals surface area (Å²) in [5.74, 6) is -1.55. The van der Waals surface area contributed by atoms with Crippen LogP contribution in [-0.2, 0) is 15.1 Å². The van der Waals surface area contributed by atoms with E-state index in [1.165, 1.54) is 0 Å². The van der Waals surface area contributed by atoms with Crippen LogP contribution in [-0.4, -0.2) is 22.3 Å². The Bertz CT molecular complexity index is 414. The smallest absolute Gasteiger partial charge is 0.373 e. The molecule has 0 radical (unpaired) electrons. The first kappa shape index (κ1) is 16.1. The molecule has 0 aromatic heterocycles. The second-order valence-corrected chi connectivity index (χ2v) is 4.69. The van der Waals surface area contributed by atoms with Crippen LogP contribution in [0.1, 0.15) is 43.6 Å². The minimum absolute atomic E-state index is 0.148. The molecule has 18 heavy (non-hydrogen) atoms. The van der Waals surface area contributed by atoms with Crippen LogP contribution in [0.15, 0.2) is 24.3 Å². The third-order valence-electron chi connectivity index (χ3n) is 2.04. The number of benzene rings is 1. The maximum Gasteiger partial charge on any atom is 0.373 e. The van der Waals surface area contributed by atoms with Gasteiger partial charge >= 0.3 is 5.97 Å². The first-order valence-corrected chi connectivity index (χ1v) is 5.35. The van der Waals surface area contributed by atoms with E-state index in [-0.39, 0.29) is 5.41 Å². The van der Waals surface area contributed by atoms with Crippen LogP contribution >= 0.6 is 0 Å². The Kier molecular flexibility index (Phi) is 6.05. The number of hydrogen-bond donors (Lipinski definition) is 2. The van der Waals surface area contributed by atoms with Gasteiger partial charge in [-0.25, -0.2) is 4.79 Å². The van der Waals surface area contributed by atoms with Crippen LogP contribution in [0.25, 0.3) is 0 Å². The summed E-state index contributed by atoms with van der Waals surface area (Å²) < 4.78 is 0. The summed E-state index contributed by atoms with van der Waals surface area (Å²) >= 11 is 0. The summed E-state index contributed by atoms with van der Waals surface area (Å²) in [6.45, 7) is 7.07. The first-order valence-electron chi connectivity index (χ1n) is 5.35. The lowest BCUT2D eigenvalue weighted by Crippen LogP contribution is -2.17. The molecule has 0 saturated carbocycles. The van der Waals surface area contributed by atoms with Crippen molar-refractivity contribution in [2.75, 3.05) is 0 Å². The van der Waals surface area contributed by atoms with Crippen molar-refractivity contribution in [3.63, 3.8) is 0 Å². The zero-order chi connectivity index (χ0) is 14.3. The van der Waals surface area contributed by atoms with Gasteiger partial charge < -0.3 is 5.11 Å². The predicted octanol–water partition coefficient (Wildman–Crippen LogP) is 2.70. The summed E-state index contributed by atoms with van der Waals surface area (Å²) in [4.78, 5) is 23.9. The number of aliphatic carboxylic acids is 1. The molecule has 0 bridgehead atoms. The fourth-order valence-electron chi connectivity index (χ4n) is 1.36. The Morgan fingerprint density at radius 1 is 1.17 bits per heavy atom. The highest BCUT2D eigenvalue weighted by atomic mass is 17.1. The van der Waals surface area contributed by atoms with Crippen molar-refractivity contribution >= 4 is 11.9 Å². The molecular weight excluding hydrogens is 236 g/mol. The van der Waals surface area contributed by atoms with E-state index >= 15 is 0 Å². The van der Waals surface area contributed by atoms with Gasteiger partial charge in [0.05, 0.1) is 5.56 Å². The average molecular weight is 254 g/mol. The summed E-state index contributed by atoms with van der Waals surface area (Å²) in [5, 5.41) is 15.7. The van der Waals surface area contributed by atoms with E-state index in [0.717, 1.165) is 12.5 Å².